The lowest BCUT2D eigenvalue weighted by Gasteiger charge is -2.09. The van der Waals surface area contributed by atoms with Crippen LogP contribution in [0.2, 0.25) is 5.02 Å². The van der Waals surface area contributed by atoms with E-state index in [1.54, 1.807) is 19.1 Å². The molecule has 4 nitrogen and oxygen atoms in total. The van der Waals surface area contributed by atoms with E-state index in [0.29, 0.717) is 27.0 Å². The summed E-state index contributed by atoms with van der Waals surface area (Å²) in [5.41, 5.74) is 0.448. The van der Waals surface area contributed by atoms with Crippen molar-refractivity contribution in [1.82, 2.24) is 9.78 Å². The number of rotatable bonds is 4. The van der Waals surface area contributed by atoms with E-state index < -0.39 is 11.7 Å². The van der Waals surface area contributed by atoms with Crippen molar-refractivity contribution in [2.24, 2.45) is 0 Å². The van der Waals surface area contributed by atoms with E-state index in [-0.39, 0.29) is 12.5 Å². The van der Waals surface area contributed by atoms with Gasteiger partial charge in [0.15, 0.2) is 5.82 Å². The van der Waals surface area contributed by atoms with Gasteiger partial charge in [-0.05, 0) is 30.7 Å². The highest BCUT2D eigenvalue weighted by atomic mass is 35.5. The maximum Gasteiger partial charge on any atom is 0.416 e. The van der Waals surface area contributed by atoms with E-state index in [2.05, 4.69) is 10.4 Å². The minimum atomic E-state index is -4.40. The first-order valence-corrected chi connectivity index (χ1v) is 10.1. The Kier molecular flexibility index (Phi) is 5.29. The number of benzene rings is 2. The number of fused-ring (bicyclic) bond motifs is 1. The summed E-state index contributed by atoms with van der Waals surface area (Å²) in [5.74, 6) is -0.0806. The van der Waals surface area contributed by atoms with Crippen LogP contribution in [-0.4, -0.2) is 15.7 Å². The number of alkyl halides is 3. The Bertz CT molecular complexity index is 1250. The number of hydrogen-bond donors (Lipinski definition) is 1. The molecule has 0 aliphatic heterocycles. The van der Waals surface area contributed by atoms with Crippen LogP contribution in [0.15, 0.2) is 54.6 Å². The van der Waals surface area contributed by atoms with E-state index in [1.807, 2.05) is 24.3 Å². The molecule has 4 aromatic rings. The van der Waals surface area contributed by atoms with Gasteiger partial charge in [-0.2, -0.15) is 18.3 Å². The number of aromatic nitrogens is 2. The lowest BCUT2D eigenvalue weighted by atomic mass is 10.1. The first-order chi connectivity index (χ1) is 14.2. The molecule has 2 aromatic carbocycles. The molecule has 0 saturated heterocycles. The van der Waals surface area contributed by atoms with Gasteiger partial charge in [-0.3, -0.25) is 9.48 Å². The van der Waals surface area contributed by atoms with Gasteiger partial charge < -0.3 is 5.32 Å². The molecule has 1 N–H and O–H groups in total. The molecule has 154 valence electrons. The molecule has 0 saturated carbocycles. The summed E-state index contributed by atoms with van der Waals surface area (Å²) in [7, 11) is 0. The molecule has 0 spiro atoms. The monoisotopic (exact) mass is 449 g/mol. The van der Waals surface area contributed by atoms with Crippen LogP contribution in [0.4, 0.5) is 19.0 Å². The van der Waals surface area contributed by atoms with Crippen LogP contribution in [0, 0.1) is 6.92 Å². The van der Waals surface area contributed by atoms with Crippen molar-refractivity contribution < 1.29 is 18.0 Å². The number of anilines is 1. The molecular formula is C21H15ClF3N3OS. The van der Waals surface area contributed by atoms with E-state index >= 15 is 0 Å². The topological polar surface area (TPSA) is 46.9 Å². The maximum absolute atomic E-state index is 12.9. The lowest BCUT2D eigenvalue weighted by molar-refractivity contribution is -0.137. The van der Waals surface area contributed by atoms with Crippen molar-refractivity contribution in [3.8, 4) is 0 Å². The van der Waals surface area contributed by atoms with Crippen molar-refractivity contribution in [3.05, 3.63) is 81.3 Å². The Hall–Kier alpha value is -2.84. The molecule has 2 heterocycles. The molecule has 9 heteroatoms. The van der Waals surface area contributed by atoms with Crippen LogP contribution in [0.25, 0.3) is 10.1 Å². The SMILES string of the molecule is Cc1cc(NC(=O)c2sc3ccccc3c2Cl)nn1Cc1cccc(C(F)(F)F)c1. The van der Waals surface area contributed by atoms with Gasteiger partial charge in [-0.25, -0.2) is 0 Å². The number of hydrogen-bond acceptors (Lipinski definition) is 3. The fraction of sp³-hybridized carbons (Fsp3) is 0.143. The first kappa shape index (κ1) is 20.4. The minimum absolute atomic E-state index is 0.148. The average molecular weight is 450 g/mol. The van der Waals surface area contributed by atoms with E-state index in [0.717, 1.165) is 22.2 Å². The van der Waals surface area contributed by atoms with Crippen molar-refractivity contribution in [2.45, 2.75) is 19.6 Å². The van der Waals surface area contributed by atoms with Gasteiger partial charge in [-0.15, -0.1) is 11.3 Å². The van der Waals surface area contributed by atoms with Gasteiger partial charge in [-0.1, -0.05) is 41.9 Å². The second kappa shape index (κ2) is 7.77. The van der Waals surface area contributed by atoms with E-state index in [9.17, 15) is 18.0 Å². The molecule has 30 heavy (non-hydrogen) atoms. The van der Waals surface area contributed by atoms with Crippen molar-refractivity contribution in [3.63, 3.8) is 0 Å². The van der Waals surface area contributed by atoms with Crippen LogP contribution in [0.3, 0.4) is 0 Å². The summed E-state index contributed by atoms with van der Waals surface area (Å²) >= 11 is 7.63. The predicted molar refractivity (Wildman–Crippen MR) is 112 cm³/mol. The van der Waals surface area contributed by atoms with Gasteiger partial charge >= 0.3 is 6.18 Å². The van der Waals surface area contributed by atoms with Gasteiger partial charge in [0.25, 0.3) is 5.91 Å². The molecule has 0 unspecified atom stereocenters. The minimum Gasteiger partial charge on any atom is -0.304 e. The third-order valence-corrected chi connectivity index (χ3v) is 6.22. The molecule has 0 atom stereocenters. The van der Waals surface area contributed by atoms with Crippen LogP contribution in [0.5, 0.6) is 0 Å². The number of amides is 1. The summed E-state index contributed by atoms with van der Waals surface area (Å²) in [6, 6.07) is 14.2. The summed E-state index contributed by atoms with van der Waals surface area (Å²) in [5, 5.41) is 8.22. The molecule has 4 rings (SSSR count). The highest BCUT2D eigenvalue weighted by Gasteiger charge is 2.30. The molecule has 0 radical (unpaired) electrons. The van der Waals surface area contributed by atoms with Crippen LogP contribution >= 0.6 is 22.9 Å². The zero-order valence-corrected chi connectivity index (χ0v) is 17.2. The Morgan fingerprint density at radius 3 is 2.67 bits per heavy atom. The number of halogens is 4. The molecule has 0 bridgehead atoms. The fourth-order valence-electron chi connectivity index (χ4n) is 3.08. The Balaban J connectivity index is 1.54. The number of aryl methyl sites for hydroxylation is 1. The quantitative estimate of drug-likeness (QED) is 0.393. The van der Waals surface area contributed by atoms with E-state index in [4.69, 9.17) is 11.6 Å². The van der Waals surface area contributed by atoms with E-state index in [1.165, 1.54) is 22.1 Å². The van der Waals surface area contributed by atoms with Crippen molar-refractivity contribution in [2.75, 3.05) is 5.32 Å². The number of nitrogens with one attached hydrogen (secondary N) is 1. The summed E-state index contributed by atoms with van der Waals surface area (Å²) < 4.78 is 41.2. The summed E-state index contributed by atoms with van der Waals surface area (Å²) in [6.07, 6.45) is -4.40. The third kappa shape index (κ3) is 4.06. The third-order valence-electron chi connectivity index (χ3n) is 4.55. The maximum atomic E-state index is 12.9. The van der Waals surface area contributed by atoms with Gasteiger partial charge in [0.1, 0.15) is 4.88 Å². The Labute approximate surface area is 178 Å². The van der Waals surface area contributed by atoms with Gasteiger partial charge in [0, 0.05) is 21.8 Å². The average Bonchev–Trinajstić information content (AvgIpc) is 3.21. The second-order valence-corrected chi connectivity index (χ2v) is 8.15. The largest absolute Gasteiger partial charge is 0.416 e. The molecule has 0 aliphatic carbocycles. The van der Waals surface area contributed by atoms with Gasteiger partial charge in [0.2, 0.25) is 0 Å². The summed E-state index contributed by atoms with van der Waals surface area (Å²) in [4.78, 5) is 13.1. The number of thiophene rings is 1. The van der Waals surface area contributed by atoms with Crippen molar-refractivity contribution >= 4 is 44.7 Å². The normalized spacial score (nSPS) is 11.8. The zero-order chi connectivity index (χ0) is 21.5. The van der Waals surface area contributed by atoms with Gasteiger partial charge in [0.05, 0.1) is 17.1 Å². The van der Waals surface area contributed by atoms with Crippen molar-refractivity contribution in [1.29, 1.82) is 0 Å². The highest BCUT2D eigenvalue weighted by Crippen LogP contribution is 2.35. The fourth-order valence-corrected chi connectivity index (χ4v) is 4.50. The number of nitrogens with zero attached hydrogens (tertiary/aromatic N) is 2. The molecule has 2 aromatic heterocycles. The second-order valence-electron chi connectivity index (χ2n) is 6.72. The molecule has 0 fully saturated rings. The standard InChI is InChI=1S/C21H15ClF3N3OS/c1-12-9-17(26-20(29)19-18(22)15-7-2-3-8-16(15)30-19)27-28(12)11-13-5-4-6-14(10-13)21(23,24)25/h2-10H,11H2,1H3,(H,26,27,29). The number of carbonyl (C=O) groups excluding carboxylic acids is 1. The summed E-state index contributed by atoms with van der Waals surface area (Å²) in [6.45, 7) is 1.91. The Morgan fingerprint density at radius 2 is 1.93 bits per heavy atom. The molecule has 0 aliphatic rings. The predicted octanol–water partition coefficient (Wildman–Crippen LogP) is 6.38. The molecular weight excluding hydrogens is 435 g/mol. The van der Waals surface area contributed by atoms with Crippen LogP contribution in [-0.2, 0) is 12.7 Å². The molecule has 1 amide bonds. The first-order valence-electron chi connectivity index (χ1n) is 8.91. The Morgan fingerprint density at radius 1 is 1.17 bits per heavy atom. The van der Waals surface area contributed by atoms with Crippen LogP contribution < -0.4 is 5.32 Å². The zero-order valence-electron chi connectivity index (χ0n) is 15.6. The number of carbonyl (C=O) groups is 1. The van der Waals surface area contributed by atoms with Crippen LogP contribution in [0.1, 0.15) is 26.5 Å². The highest BCUT2D eigenvalue weighted by molar-refractivity contribution is 7.21. The lowest BCUT2D eigenvalue weighted by Crippen LogP contribution is -2.12. The smallest absolute Gasteiger partial charge is 0.304 e.